The molecule has 0 aliphatic carbocycles. The van der Waals surface area contributed by atoms with E-state index in [1.54, 1.807) is 0 Å². The summed E-state index contributed by atoms with van der Waals surface area (Å²) in [5.74, 6) is 0.346. The van der Waals surface area contributed by atoms with Gasteiger partial charge in [0.15, 0.2) is 0 Å². The van der Waals surface area contributed by atoms with Crippen LogP contribution in [-0.2, 0) is 4.79 Å². The lowest BCUT2D eigenvalue weighted by molar-refractivity contribution is -0.131. The van der Waals surface area contributed by atoms with Crippen LogP contribution in [0.2, 0.25) is 0 Å². The van der Waals surface area contributed by atoms with E-state index in [4.69, 9.17) is 0 Å². The molecule has 2 aliphatic rings. The van der Waals surface area contributed by atoms with Crippen LogP contribution in [0.1, 0.15) is 37.7 Å². The zero-order chi connectivity index (χ0) is 16.9. The zero-order valence-corrected chi connectivity index (χ0v) is 15.2. The van der Waals surface area contributed by atoms with Gasteiger partial charge >= 0.3 is 0 Å². The summed E-state index contributed by atoms with van der Waals surface area (Å²) >= 11 is 0. The van der Waals surface area contributed by atoms with Gasteiger partial charge < -0.3 is 14.7 Å². The quantitative estimate of drug-likeness (QED) is 0.850. The van der Waals surface area contributed by atoms with Gasteiger partial charge in [-0.25, -0.2) is 0 Å². The van der Waals surface area contributed by atoms with Crippen LogP contribution in [-0.4, -0.2) is 61.5 Å². The number of anilines is 1. The van der Waals surface area contributed by atoms with Crippen LogP contribution in [0.15, 0.2) is 24.3 Å². The summed E-state index contributed by atoms with van der Waals surface area (Å²) in [7, 11) is 2.20. The minimum absolute atomic E-state index is 0.346. The van der Waals surface area contributed by atoms with Gasteiger partial charge in [-0.3, -0.25) is 4.79 Å². The highest BCUT2D eigenvalue weighted by Crippen LogP contribution is 2.22. The van der Waals surface area contributed by atoms with Crippen LogP contribution in [0.5, 0.6) is 0 Å². The zero-order valence-electron chi connectivity index (χ0n) is 15.2. The molecular formula is C20H31N3O. The number of aryl methyl sites for hydroxylation is 1. The molecule has 0 aromatic heterocycles. The van der Waals surface area contributed by atoms with Gasteiger partial charge in [-0.1, -0.05) is 24.6 Å². The number of nitrogens with zero attached hydrogens (tertiary/aromatic N) is 3. The van der Waals surface area contributed by atoms with Crippen molar-refractivity contribution in [2.24, 2.45) is 0 Å². The Bertz CT molecular complexity index is 552. The molecule has 0 N–H and O–H groups in total. The highest BCUT2D eigenvalue weighted by molar-refractivity contribution is 5.76. The maximum absolute atomic E-state index is 12.5. The summed E-state index contributed by atoms with van der Waals surface area (Å²) in [5, 5.41) is 0. The first-order valence-corrected chi connectivity index (χ1v) is 9.44. The molecule has 0 saturated carbocycles. The van der Waals surface area contributed by atoms with Crippen molar-refractivity contribution in [3.8, 4) is 0 Å². The fraction of sp³-hybridized carbons (Fsp3) is 0.650. The molecular weight excluding hydrogens is 298 g/mol. The van der Waals surface area contributed by atoms with E-state index in [0.717, 1.165) is 32.6 Å². The molecule has 0 spiro atoms. The summed E-state index contributed by atoms with van der Waals surface area (Å²) in [5.41, 5.74) is 2.63. The fourth-order valence-electron chi connectivity index (χ4n) is 4.07. The van der Waals surface area contributed by atoms with Gasteiger partial charge in [-0.15, -0.1) is 0 Å². The summed E-state index contributed by atoms with van der Waals surface area (Å²) in [4.78, 5) is 19.5. The molecule has 0 bridgehead atoms. The normalized spacial score (nSPS) is 22.7. The number of piperazine rings is 1. The highest BCUT2D eigenvalue weighted by atomic mass is 16.2. The maximum Gasteiger partial charge on any atom is 0.222 e. The number of carbonyl (C=O) groups is 1. The molecule has 0 radical (unpaired) electrons. The van der Waals surface area contributed by atoms with Crippen LogP contribution in [0.25, 0.3) is 0 Å². The monoisotopic (exact) mass is 329 g/mol. The van der Waals surface area contributed by atoms with Crippen molar-refractivity contribution < 1.29 is 4.79 Å². The molecule has 1 amide bonds. The minimum atomic E-state index is 0.346. The number of rotatable bonds is 4. The molecule has 24 heavy (non-hydrogen) atoms. The number of likely N-dealkylation sites (tertiary alicyclic amines) is 1. The Hall–Kier alpha value is -1.55. The van der Waals surface area contributed by atoms with Crippen LogP contribution in [0.3, 0.4) is 0 Å². The summed E-state index contributed by atoms with van der Waals surface area (Å²) in [6.07, 6.45) is 5.61. The number of carbonyl (C=O) groups excluding carboxylic acids is 1. The molecule has 132 valence electrons. The minimum Gasteiger partial charge on any atom is -0.368 e. The number of para-hydroxylation sites is 1. The van der Waals surface area contributed by atoms with Crippen molar-refractivity contribution in [3.05, 3.63) is 29.8 Å². The predicted octanol–water partition coefficient (Wildman–Crippen LogP) is 2.91. The average Bonchev–Trinajstić information content (AvgIpc) is 2.61. The second kappa shape index (κ2) is 8.02. The lowest BCUT2D eigenvalue weighted by Gasteiger charge is -2.37. The second-order valence-corrected chi connectivity index (χ2v) is 7.32. The number of amides is 1. The molecule has 2 saturated heterocycles. The number of hydrogen-bond acceptors (Lipinski definition) is 3. The highest BCUT2D eigenvalue weighted by Gasteiger charge is 2.24. The number of piperidine rings is 1. The SMILES string of the molecule is Cc1ccccc1N1CCN(C(=O)CC[C@H]2CCCCN2C)CC1. The van der Waals surface area contributed by atoms with Crippen molar-refractivity contribution >= 4 is 11.6 Å². The van der Waals surface area contributed by atoms with Crippen molar-refractivity contribution in [2.75, 3.05) is 44.7 Å². The standard InChI is InChI=1S/C20H31N3O/c1-17-7-3-4-9-19(17)22-13-15-23(16-14-22)20(24)11-10-18-8-5-6-12-21(18)2/h3-4,7,9,18H,5-6,8,10-16H2,1-2H3/t18-/m1/s1. The van der Waals surface area contributed by atoms with E-state index in [2.05, 4.69) is 52.9 Å². The summed E-state index contributed by atoms with van der Waals surface area (Å²) < 4.78 is 0. The first-order valence-electron chi connectivity index (χ1n) is 9.44. The van der Waals surface area contributed by atoms with Crippen LogP contribution in [0.4, 0.5) is 5.69 Å². The van der Waals surface area contributed by atoms with Crippen LogP contribution in [0, 0.1) is 6.92 Å². The largest absolute Gasteiger partial charge is 0.368 e. The molecule has 4 nitrogen and oxygen atoms in total. The van der Waals surface area contributed by atoms with Crippen LogP contribution < -0.4 is 4.90 Å². The smallest absolute Gasteiger partial charge is 0.222 e. The Morgan fingerprint density at radius 1 is 1.08 bits per heavy atom. The van der Waals surface area contributed by atoms with Gasteiger partial charge in [0.2, 0.25) is 5.91 Å². The molecule has 2 aliphatic heterocycles. The Morgan fingerprint density at radius 3 is 2.54 bits per heavy atom. The lowest BCUT2D eigenvalue weighted by atomic mass is 9.98. The van der Waals surface area contributed by atoms with E-state index in [-0.39, 0.29) is 0 Å². The third-order valence-corrected chi connectivity index (χ3v) is 5.70. The van der Waals surface area contributed by atoms with Crippen molar-refractivity contribution in [2.45, 2.75) is 45.1 Å². The van der Waals surface area contributed by atoms with Crippen molar-refractivity contribution in [1.29, 1.82) is 0 Å². The second-order valence-electron chi connectivity index (χ2n) is 7.32. The predicted molar refractivity (Wildman–Crippen MR) is 99.5 cm³/mol. The molecule has 2 fully saturated rings. The number of benzene rings is 1. The topological polar surface area (TPSA) is 26.8 Å². The van der Waals surface area contributed by atoms with E-state index in [0.29, 0.717) is 18.4 Å². The van der Waals surface area contributed by atoms with Gasteiger partial charge in [0.05, 0.1) is 0 Å². The molecule has 4 heteroatoms. The Labute approximate surface area is 146 Å². The molecule has 3 rings (SSSR count). The molecule has 2 heterocycles. The molecule has 0 unspecified atom stereocenters. The Kier molecular flexibility index (Phi) is 5.77. The Balaban J connectivity index is 1.46. The van der Waals surface area contributed by atoms with E-state index < -0.39 is 0 Å². The summed E-state index contributed by atoms with van der Waals surface area (Å²) in [6.45, 7) is 6.95. The maximum atomic E-state index is 12.5. The fourth-order valence-corrected chi connectivity index (χ4v) is 4.07. The van der Waals surface area contributed by atoms with E-state index >= 15 is 0 Å². The van der Waals surface area contributed by atoms with E-state index in [1.807, 2.05) is 0 Å². The van der Waals surface area contributed by atoms with Crippen molar-refractivity contribution in [1.82, 2.24) is 9.80 Å². The first kappa shape index (κ1) is 17.3. The number of hydrogen-bond donors (Lipinski definition) is 0. The molecule has 1 aromatic carbocycles. The van der Waals surface area contributed by atoms with Gasteiger partial charge in [-0.05, 0) is 51.4 Å². The van der Waals surface area contributed by atoms with Crippen molar-refractivity contribution in [3.63, 3.8) is 0 Å². The van der Waals surface area contributed by atoms with Gasteiger partial charge in [0.1, 0.15) is 0 Å². The first-order chi connectivity index (χ1) is 11.6. The average molecular weight is 329 g/mol. The summed E-state index contributed by atoms with van der Waals surface area (Å²) in [6, 6.07) is 9.14. The molecule has 1 aromatic rings. The lowest BCUT2D eigenvalue weighted by Crippen LogP contribution is -2.49. The van der Waals surface area contributed by atoms with E-state index in [1.165, 1.54) is 37.1 Å². The third kappa shape index (κ3) is 4.10. The van der Waals surface area contributed by atoms with Gasteiger partial charge in [-0.2, -0.15) is 0 Å². The van der Waals surface area contributed by atoms with Crippen LogP contribution >= 0.6 is 0 Å². The van der Waals surface area contributed by atoms with Gasteiger partial charge in [0.25, 0.3) is 0 Å². The Morgan fingerprint density at radius 2 is 1.83 bits per heavy atom. The van der Waals surface area contributed by atoms with E-state index in [9.17, 15) is 4.79 Å². The van der Waals surface area contributed by atoms with Gasteiger partial charge in [0, 0.05) is 44.3 Å². The third-order valence-electron chi connectivity index (χ3n) is 5.70. The molecule has 1 atom stereocenters.